The van der Waals surface area contributed by atoms with Gasteiger partial charge in [-0.15, -0.1) is 5.10 Å². The summed E-state index contributed by atoms with van der Waals surface area (Å²) in [4.78, 5) is 2.49. The Labute approximate surface area is 107 Å². The number of hydrogen-bond acceptors (Lipinski definition) is 3. The fourth-order valence-corrected chi connectivity index (χ4v) is 2.53. The fraction of sp³-hybridized carbons (Fsp3) is 0.833. The summed E-state index contributed by atoms with van der Waals surface area (Å²) >= 11 is 5.31. The van der Waals surface area contributed by atoms with Crippen molar-refractivity contribution in [1.82, 2.24) is 14.8 Å². The van der Waals surface area contributed by atoms with Crippen LogP contribution in [0.4, 0.5) is 5.95 Å². The molecule has 0 spiro atoms. The second kappa shape index (κ2) is 4.44. The Morgan fingerprint density at radius 3 is 2.76 bits per heavy atom. The molecule has 5 heteroatoms. The van der Waals surface area contributed by atoms with Crippen LogP contribution in [0, 0.1) is 10.7 Å². The molecule has 0 aliphatic heterocycles. The van der Waals surface area contributed by atoms with Gasteiger partial charge in [-0.05, 0) is 50.2 Å². The van der Waals surface area contributed by atoms with E-state index in [1.54, 1.807) is 0 Å². The second-order valence-corrected chi connectivity index (χ2v) is 5.69. The molecule has 1 N–H and O–H groups in total. The predicted octanol–water partition coefficient (Wildman–Crippen LogP) is 2.73. The SMILES string of the molecule is CCCn1c(N(CC2CC2)C2CC2)n[nH]c1=S. The number of aromatic nitrogens is 3. The second-order valence-electron chi connectivity index (χ2n) is 5.31. The molecule has 0 saturated heterocycles. The van der Waals surface area contributed by atoms with Crippen molar-refractivity contribution < 1.29 is 0 Å². The van der Waals surface area contributed by atoms with E-state index in [4.69, 9.17) is 12.2 Å². The maximum Gasteiger partial charge on any atom is 0.225 e. The van der Waals surface area contributed by atoms with Crippen LogP contribution >= 0.6 is 12.2 Å². The van der Waals surface area contributed by atoms with Crippen LogP contribution in [-0.2, 0) is 6.54 Å². The zero-order valence-electron chi connectivity index (χ0n) is 10.4. The lowest BCUT2D eigenvalue weighted by molar-refractivity contribution is 0.623. The Kier molecular flexibility index (Phi) is 2.94. The number of nitrogens with one attached hydrogen (secondary N) is 1. The van der Waals surface area contributed by atoms with Gasteiger partial charge in [0.05, 0.1) is 0 Å². The summed E-state index contributed by atoms with van der Waals surface area (Å²) in [5, 5.41) is 7.40. The van der Waals surface area contributed by atoms with E-state index in [0.29, 0.717) is 0 Å². The molecule has 1 heterocycles. The molecule has 0 amide bonds. The normalized spacial score (nSPS) is 19.6. The van der Waals surface area contributed by atoms with Crippen molar-refractivity contribution >= 4 is 18.2 Å². The maximum atomic E-state index is 5.31. The highest BCUT2D eigenvalue weighted by molar-refractivity contribution is 7.71. The third-order valence-electron chi connectivity index (χ3n) is 3.58. The number of anilines is 1. The van der Waals surface area contributed by atoms with E-state index in [0.717, 1.165) is 35.6 Å². The van der Waals surface area contributed by atoms with Crippen molar-refractivity contribution in [3.63, 3.8) is 0 Å². The van der Waals surface area contributed by atoms with E-state index in [2.05, 4.69) is 26.6 Å². The largest absolute Gasteiger partial charge is 0.338 e. The van der Waals surface area contributed by atoms with Crippen LogP contribution in [0.2, 0.25) is 0 Å². The van der Waals surface area contributed by atoms with Crippen LogP contribution in [0.15, 0.2) is 0 Å². The quantitative estimate of drug-likeness (QED) is 0.791. The molecule has 1 aromatic heterocycles. The lowest BCUT2D eigenvalue weighted by Crippen LogP contribution is -2.31. The van der Waals surface area contributed by atoms with E-state index in [-0.39, 0.29) is 0 Å². The van der Waals surface area contributed by atoms with Crippen LogP contribution in [-0.4, -0.2) is 27.4 Å². The number of H-pyrrole nitrogens is 1. The minimum atomic E-state index is 0.719. The molecule has 0 radical (unpaired) electrons. The summed E-state index contributed by atoms with van der Waals surface area (Å²) in [6, 6.07) is 0.719. The van der Waals surface area contributed by atoms with Gasteiger partial charge in [-0.1, -0.05) is 6.92 Å². The lowest BCUT2D eigenvalue weighted by atomic mass is 10.3. The predicted molar refractivity (Wildman–Crippen MR) is 70.8 cm³/mol. The standard InChI is InChI=1S/C12H20N4S/c1-2-7-15-11(13-14-12(15)17)16(10-5-6-10)8-9-3-4-9/h9-10H,2-8H2,1H3,(H,14,17). The van der Waals surface area contributed by atoms with Gasteiger partial charge in [0.15, 0.2) is 4.77 Å². The molecular weight excluding hydrogens is 232 g/mol. The molecule has 2 fully saturated rings. The van der Waals surface area contributed by atoms with Crippen LogP contribution < -0.4 is 4.90 Å². The first-order valence-corrected chi connectivity index (χ1v) is 7.12. The molecule has 2 saturated carbocycles. The molecule has 0 aromatic carbocycles. The lowest BCUT2D eigenvalue weighted by Gasteiger charge is -2.23. The highest BCUT2D eigenvalue weighted by Crippen LogP contribution is 2.37. The molecule has 2 aliphatic rings. The minimum Gasteiger partial charge on any atom is -0.338 e. The number of hydrogen-bond donors (Lipinski definition) is 1. The Morgan fingerprint density at radius 1 is 1.41 bits per heavy atom. The van der Waals surface area contributed by atoms with Crippen molar-refractivity contribution in [2.24, 2.45) is 5.92 Å². The Hall–Kier alpha value is -0.840. The molecule has 94 valence electrons. The average molecular weight is 252 g/mol. The van der Waals surface area contributed by atoms with Crippen molar-refractivity contribution in [3.05, 3.63) is 4.77 Å². The number of rotatable bonds is 6. The van der Waals surface area contributed by atoms with Crippen LogP contribution in [0.5, 0.6) is 0 Å². The van der Waals surface area contributed by atoms with Gasteiger partial charge in [-0.3, -0.25) is 4.57 Å². The molecule has 17 heavy (non-hydrogen) atoms. The highest BCUT2D eigenvalue weighted by Gasteiger charge is 2.36. The number of nitrogens with zero attached hydrogens (tertiary/aromatic N) is 3. The Balaban J connectivity index is 1.85. The molecule has 0 bridgehead atoms. The van der Waals surface area contributed by atoms with E-state index in [1.807, 2.05) is 0 Å². The molecule has 0 atom stereocenters. The van der Waals surface area contributed by atoms with Crippen molar-refractivity contribution in [2.45, 2.75) is 51.6 Å². The van der Waals surface area contributed by atoms with E-state index in [1.165, 1.54) is 32.2 Å². The van der Waals surface area contributed by atoms with E-state index >= 15 is 0 Å². The van der Waals surface area contributed by atoms with Crippen LogP contribution in [0.1, 0.15) is 39.0 Å². The van der Waals surface area contributed by atoms with E-state index < -0.39 is 0 Å². The van der Waals surface area contributed by atoms with Gasteiger partial charge >= 0.3 is 0 Å². The third kappa shape index (κ3) is 2.39. The topological polar surface area (TPSA) is 36.9 Å². The average Bonchev–Trinajstić information content (AvgIpc) is 3.20. The molecule has 1 aromatic rings. The summed E-state index contributed by atoms with van der Waals surface area (Å²) in [7, 11) is 0. The third-order valence-corrected chi connectivity index (χ3v) is 3.89. The summed E-state index contributed by atoms with van der Waals surface area (Å²) in [5.41, 5.74) is 0. The Bertz CT molecular complexity index is 442. The molecule has 4 nitrogen and oxygen atoms in total. The monoisotopic (exact) mass is 252 g/mol. The minimum absolute atomic E-state index is 0.719. The highest BCUT2D eigenvalue weighted by atomic mass is 32.1. The smallest absolute Gasteiger partial charge is 0.225 e. The van der Waals surface area contributed by atoms with Crippen molar-refractivity contribution in [3.8, 4) is 0 Å². The van der Waals surface area contributed by atoms with Crippen LogP contribution in [0.3, 0.4) is 0 Å². The molecule has 0 unspecified atom stereocenters. The van der Waals surface area contributed by atoms with Gasteiger partial charge in [-0.25, -0.2) is 5.10 Å². The van der Waals surface area contributed by atoms with Gasteiger partial charge in [-0.2, -0.15) is 0 Å². The van der Waals surface area contributed by atoms with Gasteiger partial charge in [0.25, 0.3) is 0 Å². The zero-order chi connectivity index (χ0) is 11.8. The van der Waals surface area contributed by atoms with Gasteiger partial charge in [0.1, 0.15) is 0 Å². The first-order chi connectivity index (χ1) is 8.29. The molecule has 2 aliphatic carbocycles. The van der Waals surface area contributed by atoms with Gasteiger partial charge in [0.2, 0.25) is 5.95 Å². The Morgan fingerprint density at radius 2 is 2.18 bits per heavy atom. The first-order valence-electron chi connectivity index (χ1n) is 6.71. The maximum absolute atomic E-state index is 5.31. The van der Waals surface area contributed by atoms with Crippen molar-refractivity contribution in [2.75, 3.05) is 11.4 Å². The summed E-state index contributed by atoms with van der Waals surface area (Å²) in [6.45, 7) is 4.33. The number of aromatic amines is 1. The zero-order valence-corrected chi connectivity index (χ0v) is 11.2. The van der Waals surface area contributed by atoms with Crippen molar-refractivity contribution in [1.29, 1.82) is 0 Å². The molecule has 3 rings (SSSR count). The van der Waals surface area contributed by atoms with Crippen LogP contribution in [0.25, 0.3) is 0 Å². The first kappa shape index (κ1) is 11.3. The summed E-state index contributed by atoms with van der Waals surface area (Å²) in [5.74, 6) is 1.97. The van der Waals surface area contributed by atoms with Gasteiger partial charge in [0, 0.05) is 19.1 Å². The summed E-state index contributed by atoms with van der Waals surface area (Å²) < 4.78 is 2.93. The molecular formula is C12H20N4S. The summed E-state index contributed by atoms with van der Waals surface area (Å²) in [6.07, 6.45) is 6.52. The fourth-order valence-electron chi connectivity index (χ4n) is 2.31. The van der Waals surface area contributed by atoms with E-state index in [9.17, 15) is 0 Å². The van der Waals surface area contributed by atoms with Gasteiger partial charge < -0.3 is 4.90 Å².